The number of anilines is 3. The third-order valence-electron chi connectivity index (χ3n) is 2.14. The number of halogens is 2. The van der Waals surface area contributed by atoms with E-state index in [0.29, 0.717) is 17.1 Å². The molecular formula is C12H10F2N2. The van der Waals surface area contributed by atoms with E-state index in [0.717, 1.165) is 0 Å². The Bertz CT molecular complexity index is 495. The van der Waals surface area contributed by atoms with Gasteiger partial charge in [0, 0.05) is 5.69 Å². The fourth-order valence-electron chi connectivity index (χ4n) is 1.34. The molecule has 4 heteroatoms. The van der Waals surface area contributed by atoms with Gasteiger partial charge >= 0.3 is 0 Å². The number of nitrogens with two attached hydrogens (primary N) is 1. The van der Waals surface area contributed by atoms with Crippen molar-refractivity contribution in [1.29, 1.82) is 0 Å². The summed E-state index contributed by atoms with van der Waals surface area (Å²) < 4.78 is 25.4. The van der Waals surface area contributed by atoms with Crippen LogP contribution in [0.4, 0.5) is 25.8 Å². The van der Waals surface area contributed by atoms with Crippen molar-refractivity contribution in [2.75, 3.05) is 11.1 Å². The summed E-state index contributed by atoms with van der Waals surface area (Å²) in [5.41, 5.74) is 7.22. The lowest BCUT2D eigenvalue weighted by atomic mass is 10.2. The molecule has 2 rings (SSSR count). The van der Waals surface area contributed by atoms with Gasteiger partial charge in [0.2, 0.25) is 0 Å². The van der Waals surface area contributed by atoms with Gasteiger partial charge < -0.3 is 11.1 Å². The largest absolute Gasteiger partial charge is 0.397 e. The Hall–Kier alpha value is -2.10. The van der Waals surface area contributed by atoms with E-state index in [-0.39, 0.29) is 11.6 Å². The average Bonchev–Trinajstić information content (AvgIpc) is 2.25. The van der Waals surface area contributed by atoms with Gasteiger partial charge in [0.1, 0.15) is 11.6 Å². The molecule has 3 N–H and O–H groups in total. The molecule has 2 aromatic carbocycles. The molecule has 0 heterocycles. The van der Waals surface area contributed by atoms with Crippen LogP contribution in [0.5, 0.6) is 0 Å². The van der Waals surface area contributed by atoms with E-state index in [4.69, 9.17) is 5.73 Å². The van der Waals surface area contributed by atoms with Crippen LogP contribution in [0.3, 0.4) is 0 Å². The number of benzene rings is 2. The summed E-state index contributed by atoms with van der Waals surface area (Å²) in [7, 11) is 0. The maximum Gasteiger partial charge on any atom is 0.125 e. The maximum absolute atomic E-state index is 12.8. The van der Waals surface area contributed by atoms with Crippen LogP contribution in [-0.2, 0) is 0 Å². The van der Waals surface area contributed by atoms with Crippen molar-refractivity contribution < 1.29 is 8.78 Å². The van der Waals surface area contributed by atoms with Crippen LogP contribution in [0.2, 0.25) is 0 Å². The molecule has 16 heavy (non-hydrogen) atoms. The summed E-state index contributed by atoms with van der Waals surface area (Å²) in [5, 5.41) is 2.97. The number of rotatable bonds is 2. The molecule has 0 fully saturated rings. The summed E-state index contributed by atoms with van der Waals surface area (Å²) >= 11 is 0. The fraction of sp³-hybridized carbons (Fsp3) is 0. The second-order valence-corrected chi connectivity index (χ2v) is 3.36. The van der Waals surface area contributed by atoms with Crippen LogP contribution in [0, 0.1) is 11.6 Å². The summed E-state index contributed by atoms with van der Waals surface area (Å²) in [6, 6.07) is 9.91. The van der Waals surface area contributed by atoms with E-state index in [1.54, 1.807) is 12.1 Å². The topological polar surface area (TPSA) is 38.0 Å². The van der Waals surface area contributed by atoms with Gasteiger partial charge in [-0.2, -0.15) is 0 Å². The highest BCUT2D eigenvalue weighted by molar-refractivity contribution is 5.72. The lowest BCUT2D eigenvalue weighted by Gasteiger charge is -2.08. The molecular weight excluding hydrogens is 210 g/mol. The molecule has 0 amide bonds. The molecule has 0 unspecified atom stereocenters. The predicted octanol–water partition coefficient (Wildman–Crippen LogP) is 3.29. The van der Waals surface area contributed by atoms with E-state index in [9.17, 15) is 8.78 Å². The Labute approximate surface area is 91.7 Å². The zero-order valence-electron chi connectivity index (χ0n) is 8.37. The second kappa shape index (κ2) is 4.18. The Morgan fingerprint density at radius 2 is 1.50 bits per heavy atom. The SMILES string of the molecule is Nc1cc(F)ccc1Nc1ccc(F)cc1. The van der Waals surface area contributed by atoms with Crippen molar-refractivity contribution in [3.8, 4) is 0 Å². The van der Waals surface area contributed by atoms with Crippen LogP contribution in [-0.4, -0.2) is 0 Å². The molecule has 2 nitrogen and oxygen atoms in total. The summed E-state index contributed by atoms with van der Waals surface area (Å²) in [6.45, 7) is 0. The molecule has 0 spiro atoms. The van der Waals surface area contributed by atoms with Crippen molar-refractivity contribution in [3.63, 3.8) is 0 Å². The minimum atomic E-state index is -0.387. The third kappa shape index (κ3) is 2.28. The van der Waals surface area contributed by atoms with Crippen LogP contribution in [0.1, 0.15) is 0 Å². The lowest BCUT2D eigenvalue weighted by Crippen LogP contribution is -1.96. The number of hydrogen-bond donors (Lipinski definition) is 2. The molecule has 0 atom stereocenters. The standard InChI is InChI=1S/C12H10F2N2/c13-8-1-4-10(5-2-8)16-12-6-3-9(14)7-11(12)15/h1-7,16H,15H2. The van der Waals surface area contributed by atoms with Gasteiger partial charge in [-0.25, -0.2) is 8.78 Å². The quantitative estimate of drug-likeness (QED) is 0.762. The van der Waals surface area contributed by atoms with E-state index < -0.39 is 0 Å². The number of hydrogen-bond acceptors (Lipinski definition) is 2. The smallest absolute Gasteiger partial charge is 0.125 e. The molecule has 0 aliphatic heterocycles. The molecule has 0 saturated carbocycles. The summed E-state index contributed by atoms with van der Waals surface area (Å²) in [5.74, 6) is -0.695. The van der Waals surface area contributed by atoms with Crippen LogP contribution in [0.15, 0.2) is 42.5 Å². The highest BCUT2D eigenvalue weighted by Gasteiger charge is 2.01. The monoisotopic (exact) mass is 220 g/mol. The Morgan fingerprint density at radius 3 is 2.12 bits per heavy atom. The molecule has 0 aliphatic carbocycles. The first-order valence-electron chi connectivity index (χ1n) is 4.73. The van der Waals surface area contributed by atoms with E-state index >= 15 is 0 Å². The van der Waals surface area contributed by atoms with Gasteiger partial charge in [0.05, 0.1) is 11.4 Å². The molecule has 0 aromatic heterocycles. The lowest BCUT2D eigenvalue weighted by molar-refractivity contribution is 0.628. The molecule has 2 aromatic rings. The highest BCUT2D eigenvalue weighted by atomic mass is 19.1. The van der Waals surface area contributed by atoms with E-state index in [1.807, 2.05) is 0 Å². The summed E-state index contributed by atoms with van der Waals surface area (Å²) in [6.07, 6.45) is 0. The number of nitrogens with one attached hydrogen (secondary N) is 1. The first-order chi connectivity index (χ1) is 7.65. The molecule has 0 saturated heterocycles. The summed E-state index contributed by atoms with van der Waals surface area (Å²) in [4.78, 5) is 0. The normalized spacial score (nSPS) is 10.1. The van der Waals surface area contributed by atoms with E-state index in [2.05, 4.69) is 5.32 Å². The Balaban J connectivity index is 2.23. The zero-order chi connectivity index (χ0) is 11.5. The van der Waals surface area contributed by atoms with Gasteiger partial charge in [0.25, 0.3) is 0 Å². The van der Waals surface area contributed by atoms with Gasteiger partial charge in [-0.1, -0.05) is 0 Å². The predicted molar refractivity (Wildman–Crippen MR) is 60.5 cm³/mol. The van der Waals surface area contributed by atoms with Crippen LogP contribution in [0.25, 0.3) is 0 Å². The van der Waals surface area contributed by atoms with Gasteiger partial charge in [-0.3, -0.25) is 0 Å². The number of nitrogen functional groups attached to an aromatic ring is 1. The molecule has 0 aliphatic rings. The second-order valence-electron chi connectivity index (χ2n) is 3.36. The van der Waals surface area contributed by atoms with Crippen molar-refractivity contribution in [1.82, 2.24) is 0 Å². The Morgan fingerprint density at radius 1 is 0.875 bits per heavy atom. The maximum atomic E-state index is 12.8. The van der Waals surface area contributed by atoms with Crippen LogP contribution < -0.4 is 11.1 Å². The average molecular weight is 220 g/mol. The van der Waals surface area contributed by atoms with Crippen LogP contribution >= 0.6 is 0 Å². The molecule has 0 bridgehead atoms. The Kier molecular flexibility index (Phi) is 2.72. The zero-order valence-corrected chi connectivity index (χ0v) is 8.37. The van der Waals surface area contributed by atoms with Crippen molar-refractivity contribution in [3.05, 3.63) is 54.1 Å². The third-order valence-corrected chi connectivity index (χ3v) is 2.14. The first-order valence-corrected chi connectivity index (χ1v) is 4.73. The fourth-order valence-corrected chi connectivity index (χ4v) is 1.34. The van der Waals surface area contributed by atoms with Crippen molar-refractivity contribution in [2.45, 2.75) is 0 Å². The minimum absolute atomic E-state index is 0.308. The molecule has 82 valence electrons. The molecule has 0 radical (unpaired) electrons. The minimum Gasteiger partial charge on any atom is -0.397 e. The van der Waals surface area contributed by atoms with E-state index in [1.165, 1.54) is 30.3 Å². The first kappa shape index (κ1) is 10.4. The van der Waals surface area contributed by atoms with Crippen molar-refractivity contribution >= 4 is 17.1 Å². The van der Waals surface area contributed by atoms with Gasteiger partial charge in [-0.15, -0.1) is 0 Å². The van der Waals surface area contributed by atoms with Gasteiger partial charge in [-0.05, 0) is 42.5 Å². The van der Waals surface area contributed by atoms with Crippen molar-refractivity contribution in [2.24, 2.45) is 0 Å². The highest BCUT2D eigenvalue weighted by Crippen LogP contribution is 2.23. The van der Waals surface area contributed by atoms with Gasteiger partial charge in [0.15, 0.2) is 0 Å².